The minimum absolute atomic E-state index is 0.128. The fraction of sp³-hybridized carbons (Fsp3) is 0.500. The Kier molecular flexibility index (Phi) is 5.15. The lowest BCUT2D eigenvalue weighted by molar-refractivity contribution is -0.116. The standard InChI is InChI=1S/C10H18N6O/c1-2-3-4-16(7-8(11)17)10-6-13-5-9(14-10)15-12/h5-6H,2-4,7,12H2,1H3,(H2,11,17)(H,14,15). The molecule has 0 aliphatic carbocycles. The molecule has 0 aliphatic rings. The van der Waals surface area contributed by atoms with Crippen LogP contribution in [0.15, 0.2) is 12.4 Å². The molecular formula is C10H18N6O. The largest absolute Gasteiger partial charge is 0.368 e. The Labute approximate surface area is 100 Å². The number of hydrogen-bond donors (Lipinski definition) is 3. The van der Waals surface area contributed by atoms with Gasteiger partial charge in [0.1, 0.15) is 5.82 Å². The van der Waals surface area contributed by atoms with Gasteiger partial charge in [0.2, 0.25) is 5.91 Å². The number of nitrogens with zero attached hydrogens (tertiary/aromatic N) is 3. The Bertz CT molecular complexity index is 370. The molecule has 0 bridgehead atoms. The molecule has 5 N–H and O–H groups in total. The Hall–Kier alpha value is -1.89. The quantitative estimate of drug-likeness (QED) is 0.450. The van der Waals surface area contributed by atoms with Crippen molar-refractivity contribution in [2.45, 2.75) is 19.8 Å². The average Bonchev–Trinajstić information content (AvgIpc) is 2.34. The summed E-state index contributed by atoms with van der Waals surface area (Å²) < 4.78 is 0. The van der Waals surface area contributed by atoms with Crippen molar-refractivity contribution in [3.05, 3.63) is 12.4 Å². The monoisotopic (exact) mass is 238 g/mol. The Morgan fingerprint density at radius 2 is 2.29 bits per heavy atom. The van der Waals surface area contributed by atoms with Crippen LogP contribution < -0.4 is 21.9 Å². The molecule has 0 atom stereocenters. The molecule has 0 saturated carbocycles. The van der Waals surface area contributed by atoms with Crippen LogP contribution in [0.3, 0.4) is 0 Å². The highest BCUT2D eigenvalue weighted by Crippen LogP contribution is 2.12. The third kappa shape index (κ3) is 4.23. The van der Waals surface area contributed by atoms with Crippen LogP contribution in [0.1, 0.15) is 19.8 Å². The van der Waals surface area contributed by atoms with Crippen molar-refractivity contribution in [3.8, 4) is 0 Å². The average molecular weight is 238 g/mol. The summed E-state index contributed by atoms with van der Waals surface area (Å²) in [6.45, 7) is 2.91. The van der Waals surface area contributed by atoms with E-state index in [4.69, 9.17) is 11.6 Å². The van der Waals surface area contributed by atoms with Gasteiger partial charge >= 0.3 is 0 Å². The van der Waals surface area contributed by atoms with E-state index in [0.717, 1.165) is 12.8 Å². The highest BCUT2D eigenvalue weighted by Gasteiger charge is 2.11. The summed E-state index contributed by atoms with van der Waals surface area (Å²) in [4.78, 5) is 21.0. The Morgan fingerprint density at radius 1 is 1.53 bits per heavy atom. The number of anilines is 2. The fourth-order valence-corrected chi connectivity index (χ4v) is 1.39. The molecule has 0 spiro atoms. The smallest absolute Gasteiger partial charge is 0.236 e. The summed E-state index contributed by atoms with van der Waals surface area (Å²) in [6, 6.07) is 0. The SMILES string of the molecule is CCCCN(CC(N)=O)c1cncc(NN)n1. The van der Waals surface area contributed by atoms with Crippen LogP contribution in [0.2, 0.25) is 0 Å². The van der Waals surface area contributed by atoms with Gasteiger partial charge < -0.3 is 16.1 Å². The molecule has 1 amide bonds. The maximum Gasteiger partial charge on any atom is 0.236 e. The van der Waals surface area contributed by atoms with Gasteiger partial charge in [0.25, 0.3) is 0 Å². The van der Waals surface area contributed by atoms with Crippen molar-refractivity contribution >= 4 is 17.5 Å². The summed E-state index contributed by atoms with van der Waals surface area (Å²) in [5.74, 6) is 5.91. The second-order valence-corrected chi connectivity index (χ2v) is 3.65. The van der Waals surface area contributed by atoms with E-state index in [1.165, 1.54) is 6.20 Å². The van der Waals surface area contributed by atoms with Gasteiger partial charge in [-0.15, -0.1) is 0 Å². The number of nitrogen functional groups attached to an aromatic ring is 1. The van der Waals surface area contributed by atoms with Gasteiger partial charge in [-0.05, 0) is 6.42 Å². The first-order valence-electron chi connectivity index (χ1n) is 5.49. The molecule has 1 heterocycles. The van der Waals surface area contributed by atoms with Crippen LogP contribution in [-0.2, 0) is 4.79 Å². The molecule has 7 nitrogen and oxygen atoms in total. The number of carbonyl (C=O) groups excluding carboxylic acids is 1. The van der Waals surface area contributed by atoms with Crippen molar-refractivity contribution in [2.24, 2.45) is 11.6 Å². The second-order valence-electron chi connectivity index (χ2n) is 3.65. The normalized spacial score (nSPS) is 10.0. The van der Waals surface area contributed by atoms with Gasteiger partial charge in [0.15, 0.2) is 5.82 Å². The molecule has 17 heavy (non-hydrogen) atoms. The minimum atomic E-state index is -0.394. The first-order chi connectivity index (χ1) is 8.17. The molecule has 1 aromatic rings. The Balaban J connectivity index is 2.82. The second kappa shape index (κ2) is 6.64. The van der Waals surface area contributed by atoms with E-state index in [2.05, 4.69) is 22.3 Å². The first kappa shape index (κ1) is 13.2. The van der Waals surface area contributed by atoms with Crippen molar-refractivity contribution < 1.29 is 4.79 Å². The molecule has 0 aliphatic heterocycles. The Morgan fingerprint density at radius 3 is 2.88 bits per heavy atom. The van der Waals surface area contributed by atoms with E-state index in [9.17, 15) is 4.79 Å². The number of nitrogens with one attached hydrogen (secondary N) is 1. The van der Waals surface area contributed by atoms with Crippen LogP contribution in [-0.4, -0.2) is 29.0 Å². The predicted molar refractivity (Wildman–Crippen MR) is 66.2 cm³/mol. The van der Waals surface area contributed by atoms with Crippen molar-refractivity contribution in [1.29, 1.82) is 0 Å². The van der Waals surface area contributed by atoms with Gasteiger partial charge in [0, 0.05) is 6.54 Å². The van der Waals surface area contributed by atoms with Gasteiger partial charge in [0.05, 0.1) is 18.9 Å². The number of primary amides is 1. The number of unbranched alkanes of at least 4 members (excludes halogenated alkanes) is 1. The number of rotatable bonds is 7. The van der Waals surface area contributed by atoms with E-state index in [1.807, 2.05) is 0 Å². The van der Waals surface area contributed by atoms with E-state index in [1.54, 1.807) is 11.1 Å². The topological polar surface area (TPSA) is 110 Å². The summed E-state index contributed by atoms with van der Waals surface area (Å²) in [6.07, 6.45) is 5.07. The van der Waals surface area contributed by atoms with Gasteiger partial charge in [-0.25, -0.2) is 10.8 Å². The first-order valence-corrected chi connectivity index (χ1v) is 5.49. The van der Waals surface area contributed by atoms with Crippen LogP contribution in [0.5, 0.6) is 0 Å². The van der Waals surface area contributed by atoms with Crippen LogP contribution in [0.25, 0.3) is 0 Å². The zero-order valence-electron chi connectivity index (χ0n) is 9.89. The molecule has 0 fully saturated rings. The zero-order valence-corrected chi connectivity index (χ0v) is 9.89. The molecule has 0 aromatic carbocycles. The lowest BCUT2D eigenvalue weighted by atomic mass is 10.3. The van der Waals surface area contributed by atoms with Crippen LogP contribution >= 0.6 is 0 Å². The van der Waals surface area contributed by atoms with Crippen LogP contribution in [0.4, 0.5) is 11.6 Å². The molecule has 7 heteroatoms. The summed E-state index contributed by atoms with van der Waals surface area (Å²) in [7, 11) is 0. The highest BCUT2D eigenvalue weighted by molar-refractivity contribution is 5.79. The molecule has 94 valence electrons. The molecule has 1 rings (SSSR count). The zero-order chi connectivity index (χ0) is 12.7. The van der Waals surface area contributed by atoms with Gasteiger partial charge in [-0.2, -0.15) is 0 Å². The number of hydrazine groups is 1. The van der Waals surface area contributed by atoms with E-state index in [-0.39, 0.29) is 6.54 Å². The lowest BCUT2D eigenvalue weighted by Crippen LogP contribution is -2.35. The number of amides is 1. The van der Waals surface area contributed by atoms with Crippen molar-refractivity contribution in [2.75, 3.05) is 23.4 Å². The number of hydrogen-bond acceptors (Lipinski definition) is 6. The lowest BCUT2D eigenvalue weighted by Gasteiger charge is -2.21. The highest BCUT2D eigenvalue weighted by atomic mass is 16.1. The van der Waals surface area contributed by atoms with Gasteiger partial charge in [-0.1, -0.05) is 13.3 Å². The maximum atomic E-state index is 11.0. The van der Waals surface area contributed by atoms with Crippen LogP contribution in [0, 0.1) is 0 Å². The van der Waals surface area contributed by atoms with E-state index >= 15 is 0 Å². The van der Waals surface area contributed by atoms with Crippen molar-refractivity contribution in [3.63, 3.8) is 0 Å². The number of carbonyl (C=O) groups is 1. The molecular weight excluding hydrogens is 220 g/mol. The molecule has 0 unspecified atom stereocenters. The third-order valence-electron chi connectivity index (χ3n) is 2.22. The minimum Gasteiger partial charge on any atom is -0.368 e. The summed E-state index contributed by atoms with van der Waals surface area (Å²) in [5, 5.41) is 0. The number of aromatic nitrogens is 2. The summed E-state index contributed by atoms with van der Waals surface area (Å²) >= 11 is 0. The van der Waals surface area contributed by atoms with Gasteiger partial charge in [-0.3, -0.25) is 9.78 Å². The van der Waals surface area contributed by atoms with Crippen molar-refractivity contribution in [1.82, 2.24) is 9.97 Å². The molecule has 1 aromatic heterocycles. The number of nitrogens with two attached hydrogens (primary N) is 2. The maximum absolute atomic E-state index is 11.0. The fourth-order valence-electron chi connectivity index (χ4n) is 1.39. The summed E-state index contributed by atoms with van der Waals surface area (Å²) in [5.41, 5.74) is 7.62. The molecule has 0 saturated heterocycles. The molecule has 0 radical (unpaired) electrons. The van der Waals surface area contributed by atoms with E-state index < -0.39 is 5.91 Å². The predicted octanol–water partition coefficient (Wildman–Crippen LogP) is -0.146. The third-order valence-corrected chi connectivity index (χ3v) is 2.22. The van der Waals surface area contributed by atoms with E-state index in [0.29, 0.717) is 18.2 Å².